The van der Waals surface area contributed by atoms with Crippen molar-refractivity contribution in [2.45, 2.75) is 13.8 Å². The Morgan fingerprint density at radius 1 is 1.50 bits per heavy atom. The highest BCUT2D eigenvalue weighted by Crippen LogP contribution is 2.31. The molecule has 3 nitrogen and oxygen atoms in total. The lowest BCUT2D eigenvalue weighted by Crippen LogP contribution is -2.21. The van der Waals surface area contributed by atoms with Gasteiger partial charge in [0.05, 0.1) is 18.2 Å². The van der Waals surface area contributed by atoms with Crippen LogP contribution in [0.15, 0.2) is 18.2 Å². The van der Waals surface area contributed by atoms with Gasteiger partial charge in [-0.05, 0) is 18.6 Å². The molecule has 1 amide bonds. The highest BCUT2D eigenvalue weighted by molar-refractivity contribution is 5.94. The van der Waals surface area contributed by atoms with Gasteiger partial charge in [0.2, 0.25) is 5.91 Å². The number of fused-ring (bicyclic) bond motifs is 1. The Morgan fingerprint density at radius 3 is 3.07 bits per heavy atom. The number of hydrogen-bond acceptors (Lipinski definition) is 2. The predicted octanol–water partition coefficient (Wildman–Crippen LogP) is 1.96. The average Bonchev–Trinajstić information content (AvgIpc) is 2.29. The van der Waals surface area contributed by atoms with E-state index in [0.29, 0.717) is 6.61 Å². The summed E-state index contributed by atoms with van der Waals surface area (Å²) in [4.78, 5) is 11.5. The van der Waals surface area contributed by atoms with Crippen molar-refractivity contribution in [3.05, 3.63) is 23.8 Å². The van der Waals surface area contributed by atoms with Crippen molar-refractivity contribution >= 4 is 11.6 Å². The number of hydrogen-bond donors (Lipinski definition) is 1. The van der Waals surface area contributed by atoms with E-state index in [1.54, 1.807) is 0 Å². The van der Waals surface area contributed by atoms with Crippen LogP contribution < -0.4 is 10.1 Å². The van der Waals surface area contributed by atoms with Crippen molar-refractivity contribution in [3.63, 3.8) is 0 Å². The number of para-hydroxylation sites is 1. The zero-order valence-corrected chi connectivity index (χ0v) is 8.33. The molecule has 3 heteroatoms. The molecule has 0 aromatic heterocycles. The third kappa shape index (κ3) is 1.45. The molecule has 2 rings (SSSR count). The van der Waals surface area contributed by atoms with Crippen LogP contribution in [0.2, 0.25) is 0 Å². The van der Waals surface area contributed by atoms with Gasteiger partial charge >= 0.3 is 0 Å². The molecular weight excluding hydrogens is 178 g/mol. The lowest BCUT2D eigenvalue weighted by Gasteiger charge is -2.09. The van der Waals surface area contributed by atoms with Crippen molar-refractivity contribution in [1.82, 2.24) is 0 Å². The molecule has 1 aromatic carbocycles. The number of nitrogens with one attached hydrogen (secondary N) is 1. The van der Waals surface area contributed by atoms with Gasteiger partial charge in [0.1, 0.15) is 5.75 Å². The van der Waals surface area contributed by atoms with Crippen LogP contribution in [-0.4, -0.2) is 12.5 Å². The van der Waals surface area contributed by atoms with Crippen molar-refractivity contribution in [2.75, 3.05) is 11.9 Å². The fourth-order valence-electron chi connectivity index (χ4n) is 1.48. The molecule has 14 heavy (non-hydrogen) atoms. The second-order valence-electron chi connectivity index (χ2n) is 3.65. The van der Waals surface area contributed by atoms with E-state index in [1.165, 1.54) is 0 Å². The summed E-state index contributed by atoms with van der Waals surface area (Å²) in [6, 6.07) is 5.74. The van der Waals surface area contributed by atoms with Crippen LogP contribution in [0.5, 0.6) is 5.75 Å². The van der Waals surface area contributed by atoms with E-state index in [2.05, 4.69) is 5.32 Å². The number of carbonyl (C=O) groups is 1. The van der Waals surface area contributed by atoms with Gasteiger partial charge in [-0.15, -0.1) is 0 Å². The second kappa shape index (κ2) is 3.33. The lowest BCUT2D eigenvalue weighted by atomic mass is 10.2. The molecule has 1 aliphatic rings. The molecule has 1 unspecified atom stereocenters. The Bertz CT molecular complexity index is 374. The highest BCUT2D eigenvalue weighted by Gasteiger charge is 2.21. The first-order valence-electron chi connectivity index (χ1n) is 4.72. The highest BCUT2D eigenvalue weighted by atomic mass is 16.5. The van der Waals surface area contributed by atoms with Gasteiger partial charge < -0.3 is 10.1 Å². The molecule has 0 radical (unpaired) electrons. The zero-order valence-electron chi connectivity index (χ0n) is 8.33. The van der Waals surface area contributed by atoms with E-state index in [9.17, 15) is 4.79 Å². The van der Waals surface area contributed by atoms with Gasteiger partial charge in [-0.25, -0.2) is 0 Å². The number of aryl methyl sites for hydroxylation is 1. The molecule has 0 fully saturated rings. The Morgan fingerprint density at radius 2 is 2.29 bits per heavy atom. The summed E-state index contributed by atoms with van der Waals surface area (Å²) in [6.07, 6.45) is 0. The van der Waals surface area contributed by atoms with Gasteiger partial charge in [-0.2, -0.15) is 0 Å². The monoisotopic (exact) mass is 191 g/mol. The molecule has 1 aromatic rings. The van der Waals surface area contributed by atoms with Crippen LogP contribution in [0.4, 0.5) is 5.69 Å². The van der Waals surface area contributed by atoms with Gasteiger partial charge in [-0.1, -0.05) is 19.1 Å². The average molecular weight is 191 g/mol. The van der Waals surface area contributed by atoms with E-state index in [4.69, 9.17) is 4.74 Å². The third-order valence-electron chi connectivity index (χ3n) is 2.40. The van der Waals surface area contributed by atoms with Gasteiger partial charge in [0.25, 0.3) is 0 Å². The van der Waals surface area contributed by atoms with Gasteiger partial charge in [0.15, 0.2) is 0 Å². The van der Waals surface area contributed by atoms with Gasteiger partial charge in [0, 0.05) is 0 Å². The van der Waals surface area contributed by atoms with Crippen molar-refractivity contribution in [3.8, 4) is 5.75 Å². The maximum absolute atomic E-state index is 11.5. The lowest BCUT2D eigenvalue weighted by molar-refractivity contribution is -0.119. The first-order chi connectivity index (χ1) is 6.68. The largest absolute Gasteiger partial charge is 0.490 e. The summed E-state index contributed by atoms with van der Waals surface area (Å²) in [5.41, 5.74) is 1.83. The van der Waals surface area contributed by atoms with Crippen molar-refractivity contribution in [2.24, 2.45) is 5.92 Å². The van der Waals surface area contributed by atoms with E-state index in [0.717, 1.165) is 17.0 Å². The van der Waals surface area contributed by atoms with Crippen LogP contribution >= 0.6 is 0 Å². The summed E-state index contributed by atoms with van der Waals surface area (Å²) < 4.78 is 5.58. The summed E-state index contributed by atoms with van der Waals surface area (Å²) in [5.74, 6) is 0.723. The molecule has 1 N–H and O–H groups in total. The fraction of sp³-hybridized carbons (Fsp3) is 0.364. The number of amides is 1. The molecule has 74 valence electrons. The normalized spacial score (nSPS) is 20.4. The zero-order chi connectivity index (χ0) is 10.1. The number of rotatable bonds is 0. The van der Waals surface area contributed by atoms with Crippen LogP contribution in [0.25, 0.3) is 0 Å². The SMILES string of the molecule is Cc1cccc2c1OCC(C)C(=O)N2. The fourth-order valence-corrected chi connectivity index (χ4v) is 1.48. The minimum Gasteiger partial charge on any atom is -0.490 e. The quantitative estimate of drug-likeness (QED) is 0.680. The van der Waals surface area contributed by atoms with Crippen LogP contribution in [0.1, 0.15) is 12.5 Å². The molecule has 1 heterocycles. The molecule has 0 bridgehead atoms. The minimum absolute atomic E-state index is 0.0225. The molecule has 0 saturated heterocycles. The topological polar surface area (TPSA) is 38.3 Å². The molecule has 0 aliphatic carbocycles. The Balaban J connectivity index is 2.42. The van der Waals surface area contributed by atoms with Crippen LogP contribution in [-0.2, 0) is 4.79 Å². The Labute approximate surface area is 83.1 Å². The predicted molar refractivity (Wildman–Crippen MR) is 54.5 cm³/mol. The summed E-state index contributed by atoms with van der Waals surface area (Å²) in [6.45, 7) is 4.28. The minimum atomic E-state index is -0.0956. The summed E-state index contributed by atoms with van der Waals surface area (Å²) in [5, 5.41) is 2.85. The maximum Gasteiger partial charge on any atom is 0.230 e. The number of ether oxygens (including phenoxy) is 1. The molecule has 0 spiro atoms. The molecular formula is C11H13NO2. The first-order valence-corrected chi connectivity index (χ1v) is 4.72. The van der Waals surface area contributed by atoms with E-state index in [1.807, 2.05) is 32.0 Å². The second-order valence-corrected chi connectivity index (χ2v) is 3.65. The van der Waals surface area contributed by atoms with Gasteiger partial charge in [-0.3, -0.25) is 4.79 Å². The van der Waals surface area contributed by atoms with Crippen LogP contribution in [0, 0.1) is 12.8 Å². The molecule has 1 aliphatic heterocycles. The maximum atomic E-state index is 11.5. The number of benzene rings is 1. The van der Waals surface area contributed by atoms with E-state index in [-0.39, 0.29) is 11.8 Å². The van der Waals surface area contributed by atoms with Crippen molar-refractivity contribution < 1.29 is 9.53 Å². The standard InChI is InChI=1S/C11H13NO2/c1-7-4-3-5-9-10(7)14-6-8(2)11(13)12-9/h3-5,8H,6H2,1-2H3,(H,12,13). The summed E-state index contributed by atoms with van der Waals surface area (Å²) >= 11 is 0. The number of anilines is 1. The van der Waals surface area contributed by atoms with E-state index < -0.39 is 0 Å². The summed E-state index contributed by atoms with van der Waals surface area (Å²) in [7, 11) is 0. The van der Waals surface area contributed by atoms with Crippen molar-refractivity contribution in [1.29, 1.82) is 0 Å². The molecule has 1 atom stereocenters. The van der Waals surface area contributed by atoms with Crippen LogP contribution in [0.3, 0.4) is 0 Å². The number of carbonyl (C=O) groups excluding carboxylic acids is 1. The first kappa shape index (κ1) is 9.06. The Kier molecular flexibility index (Phi) is 2.15. The molecule has 0 saturated carbocycles. The smallest absolute Gasteiger partial charge is 0.230 e. The third-order valence-corrected chi connectivity index (χ3v) is 2.40. The Hall–Kier alpha value is -1.51. The van der Waals surface area contributed by atoms with E-state index >= 15 is 0 Å².